The van der Waals surface area contributed by atoms with Crippen LogP contribution in [-0.2, 0) is 17.1 Å². The molecule has 0 atom stereocenters. The van der Waals surface area contributed by atoms with Crippen molar-refractivity contribution in [1.82, 2.24) is 4.98 Å². The van der Waals surface area contributed by atoms with Gasteiger partial charge in [0.05, 0.1) is 23.7 Å². The molecule has 0 aliphatic carbocycles. The molecular formula is C13H12ClFN2OS. The summed E-state index contributed by atoms with van der Waals surface area (Å²) in [6, 6.07) is 6.18. The third-order valence-corrected chi connectivity index (χ3v) is 3.80. The fourth-order valence-electron chi connectivity index (χ4n) is 1.60. The van der Waals surface area contributed by atoms with Crippen LogP contribution in [0.5, 0.6) is 0 Å². The first kappa shape index (κ1) is 14.0. The van der Waals surface area contributed by atoms with Crippen molar-refractivity contribution in [2.75, 3.05) is 11.9 Å². The Bertz CT molecular complexity index is 588. The molecular weight excluding hydrogens is 287 g/mol. The number of amides is 1. The number of hydrogen-bond donors (Lipinski definition) is 0. The maximum absolute atomic E-state index is 13.6. The number of hydrogen-bond acceptors (Lipinski definition) is 3. The standard InChI is InChI=1S/C13H12ClFN2OS/c1-17(11-5-3-2-4-10(11)15)13(18)6-12-16-9(7-14)8-19-12/h2-5,8H,6-7H2,1H3. The van der Waals surface area contributed by atoms with Gasteiger partial charge in [-0.3, -0.25) is 4.79 Å². The zero-order chi connectivity index (χ0) is 13.8. The van der Waals surface area contributed by atoms with E-state index in [-0.39, 0.29) is 18.0 Å². The fourth-order valence-corrected chi connectivity index (χ4v) is 2.61. The predicted octanol–water partition coefficient (Wildman–Crippen LogP) is 3.23. The van der Waals surface area contributed by atoms with Crippen LogP contribution in [0.1, 0.15) is 10.7 Å². The second-order valence-corrected chi connectivity index (χ2v) is 5.16. The number of nitrogens with zero attached hydrogens (tertiary/aromatic N) is 2. The molecule has 1 aromatic carbocycles. The van der Waals surface area contributed by atoms with Gasteiger partial charge in [-0.05, 0) is 12.1 Å². The van der Waals surface area contributed by atoms with Gasteiger partial charge in [-0.1, -0.05) is 12.1 Å². The van der Waals surface area contributed by atoms with Gasteiger partial charge in [-0.2, -0.15) is 0 Å². The smallest absolute Gasteiger partial charge is 0.233 e. The average Bonchev–Trinajstić information content (AvgIpc) is 2.86. The third-order valence-electron chi connectivity index (χ3n) is 2.63. The number of rotatable bonds is 4. The molecule has 2 aromatic rings. The van der Waals surface area contributed by atoms with E-state index < -0.39 is 5.82 Å². The summed E-state index contributed by atoms with van der Waals surface area (Å²) in [5, 5.41) is 2.50. The average molecular weight is 299 g/mol. The summed E-state index contributed by atoms with van der Waals surface area (Å²) in [4.78, 5) is 17.6. The van der Waals surface area contributed by atoms with E-state index >= 15 is 0 Å². The first-order valence-electron chi connectivity index (χ1n) is 5.62. The van der Waals surface area contributed by atoms with Crippen molar-refractivity contribution >= 4 is 34.5 Å². The van der Waals surface area contributed by atoms with Gasteiger partial charge in [0.2, 0.25) is 5.91 Å². The molecule has 0 N–H and O–H groups in total. The Labute approximate surface area is 119 Å². The Kier molecular flexibility index (Phi) is 4.50. The predicted molar refractivity (Wildman–Crippen MR) is 75.2 cm³/mol. The minimum absolute atomic E-state index is 0.145. The minimum atomic E-state index is -0.418. The molecule has 0 spiro atoms. The lowest BCUT2D eigenvalue weighted by Crippen LogP contribution is -2.28. The molecule has 0 saturated heterocycles. The Morgan fingerprint density at radius 3 is 2.84 bits per heavy atom. The lowest BCUT2D eigenvalue weighted by Gasteiger charge is -2.17. The molecule has 1 amide bonds. The molecule has 0 saturated carbocycles. The van der Waals surface area contributed by atoms with Gasteiger partial charge in [0, 0.05) is 12.4 Å². The summed E-state index contributed by atoms with van der Waals surface area (Å²) < 4.78 is 13.6. The van der Waals surface area contributed by atoms with Crippen molar-refractivity contribution < 1.29 is 9.18 Å². The number of aromatic nitrogens is 1. The lowest BCUT2D eigenvalue weighted by atomic mass is 10.2. The number of para-hydroxylation sites is 1. The number of alkyl halides is 1. The van der Waals surface area contributed by atoms with Crippen LogP contribution in [0.15, 0.2) is 29.6 Å². The van der Waals surface area contributed by atoms with Gasteiger partial charge in [0.1, 0.15) is 10.8 Å². The van der Waals surface area contributed by atoms with Gasteiger partial charge >= 0.3 is 0 Å². The zero-order valence-corrected chi connectivity index (χ0v) is 11.8. The van der Waals surface area contributed by atoms with Gasteiger partial charge in [0.15, 0.2) is 0 Å². The Hall–Kier alpha value is -1.46. The molecule has 100 valence electrons. The Balaban J connectivity index is 2.09. The molecule has 1 heterocycles. The number of carbonyl (C=O) groups is 1. The summed E-state index contributed by atoms with van der Waals surface area (Å²) in [5.41, 5.74) is 1.02. The molecule has 0 aliphatic rings. The van der Waals surface area contributed by atoms with Crippen LogP contribution < -0.4 is 4.90 Å². The van der Waals surface area contributed by atoms with E-state index in [9.17, 15) is 9.18 Å². The van der Waals surface area contributed by atoms with E-state index in [1.165, 1.54) is 22.3 Å². The summed E-state index contributed by atoms with van der Waals surface area (Å²) in [6.45, 7) is 0. The largest absolute Gasteiger partial charge is 0.312 e. The summed E-state index contributed by atoms with van der Waals surface area (Å²) >= 11 is 7.04. The molecule has 0 unspecified atom stereocenters. The number of likely N-dealkylation sites (N-methyl/N-ethyl adjacent to an activating group) is 1. The SMILES string of the molecule is CN(C(=O)Cc1nc(CCl)cs1)c1ccccc1F. The Morgan fingerprint density at radius 1 is 1.47 bits per heavy atom. The number of thiazole rings is 1. The maximum atomic E-state index is 13.6. The first-order chi connectivity index (χ1) is 9.11. The molecule has 0 bridgehead atoms. The molecule has 0 aliphatic heterocycles. The van der Waals surface area contributed by atoms with E-state index in [4.69, 9.17) is 11.6 Å². The monoisotopic (exact) mass is 298 g/mol. The van der Waals surface area contributed by atoms with Gasteiger partial charge in [0.25, 0.3) is 0 Å². The number of halogens is 2. The van der Waals surface area contributed by atoms with Gasteiger partial charge in [-0.15, -0.1) is 22.9 Å². The highest BCUT2D eigenvalue weighted by Crippen LogP contribution is 2.19. The topological polar surface area (TPSA) is 33.2 Å². The van der Waals surface area contributed by atoms with Gasteiger partial charge < -0.3 is 4.90 Å². The van der Waals surface area contributed by atoms with E-state index in [2.05, 4.69) is 4.98 Å². The van der Waals surface area contributed by atoms with E-state index in [0.717, 1.165) is 5.69 Å². The highest BCUT2D eigenvalue weighted by atomic mass is 35.5. The van der Waals surface area contributed by atoms with E-state index in [0.29, 0.717) is 10.9 Å². The summed E-state index contributed by atoms with van der Waals surface area (Å²) in [5.74, 6) is -0.298. The van der Waals surface area contributed by atoms with Crippen LogP contribution >= 0.6 is 22.9 Å². The molecule has 2 rings (SSSR count). The summed E-state index contributed by atoms with van der Waals surface area (Å²) in [6.07, 6.45) is 0.145. The maximum Gasteiger partial charge on any atom is 0.233 e. The van der Waals surface area contributed by atoms with Crippen LogP contribution in [0.4, 0.5) is 10.1 Å². The number of carbonyl (C=O) groups excluding carboxylic acids is 1. The molecule has 19 heavy (non-hydrogen) atoms. The lowest BCUT2D eigenvalue weighted by molar-refractivity contribution is -0.117. The van der Waals surface area contributed by atoms with E-state index in [1.54, 1.807) is 25.2 Å². The van der Waals surface area contributed by atoms with Crippen molar-refractivity contribution in [3.05, 3.63) is 46.2 Å². The number of benzene rings is 1. The van der Waals surface area contributed by atoms with Crippen molar-refractivity contribution in [1.29, 1.82) is 0 Å². The van der Waals surface area contributed by atoms with Gasteiger partial charge in [-0.25, -0.2) is 9.37 Å². The molecule has 0 radical (unpaired) electrons. The first-order valence-corrected chi connectivity index (χ1v) is 7.03. The molecule has 0 fully saturated rings. The fraction of sp³-hybridized carbons (Fsp3) is 0.231. The van der Waals surface area contributed by atoms with Crippen LogP contribution in [0.25, 0.3) is 0 Å². The highest BCUT2D eigenvalue weighted by molar-refractivity contribution is 7.09. The molecule has 3 nitrogen and oxygen atoms in total. The quantitative estimate of drug-likeness (QED) is 0.812. The zero-order valence-electron chi connectivity index (χ0n) is 10.3. The van der Waals surface area contributed by atoms with Crippen LogP contribution in [-0.4, -0.2) is 17.9 Å². The van der Waals surface area contributed by atoms with E-state index in [1.807, 2.05) is 5.38 Å². The van der Waals surface area contributed by atoms with Crippen molar-refractivity contribution in [2.45, 2.75) is 12.3 Å². The number of anilines is 1. The van der Waals surface area contributed by atoms with Crippen molar-refractivity contribution in [3.63, 3.8) is 0 Å². The third kappa shape index (κ3) is 3.30. The summed E-state index contributed by atoms with van der Waals surface area (Å²) in [7, 11) is 1.55. The van der Waals surface area contributed by atoms with Crippen molar-refractivity contribution in [2.24, 2.45) is 0 Å². The van der Waals surface area contributed by atoms with Crippen LogP contribution in [0, 0.1) is 5.82 Å². The molecule has 1 aromatic heterocycles. The molecule has 6 heteroatoms. The van der Waals surface area contributed by atoms with Crippen LogP contribution in [0.2, 0.25) is 0 Å². The second-order valence-electron chi connectivity index (χ2n) is 3.95. The second kappa shape index (κ2) is 6.12. The highest BCUT2D eigenvalue weighted by Gasteiger charge is 2.16. The van der Waals surface area contributed by atoms with Crippen molar-refractivity contribution in [3.8, 4) is 0 Å². The normalized spacial score (nSPS) is 10.5. The van der Waals surface area contributed by atoms with Crippen LogP contribution in [0.3, 0.4) is 0 Å². The minimum Gasteiger partial charge on any atom is -0.312 e. The Morgan fingerprint density at radius 2 is 2.21 bits per heavy atom.